The first-order valence-corrected chi connectivity index (χ1v) is 10.8. The Morgan fingerprint density at radius 3 is 2.75 bits per heavy atom. The number of halogens is 1. The first-order chi connectivity index (χ1) is 13.6. The number of esters is 1. The van der Waals surface area contributed by atoms with Crippen LogP contribution in [0.5, 0.6) is 0 Å². The average molecular weight is 438 g/mol. The van der Waals surface area contributed by atoms with Gasteiger partial charge in [0.2, 0.25) is 0 Å². The van der Waals surface area contributed by atoms with Gasteiger partial charge in [0.05, 0.1) is 10.8 Å². The number of thioether (sulfide) groups is 1. The van der Waals surface area contributed by atoms with Gasteiger partial charge in [0, 0.05) is 17.1 Å². The van der Waals surface area contributed by atoms with Crippen LogP contribution in [0.3, 0.4) is 0 Å². The molecule has 0 saturated heterocycles. The molecular weight excluding hydrogens is 414 g/mol. The molecule has 0 fully saturated rings. The first kappa shape index (κ1) is 22.5. The van der Waals surface area contributed by atoms with Crippen LogP contribution in [0.25, 0.3) is 0 Å². The Morgan fingerprint density at radius 1 is 1.21 bits per heavy atom. The highest BCUT2D eigenvalue weighted by Crippen LogP contribution is 2.30. The lowest BCUT2D eigenvalue weighted by Gasteiger charge is -2.13. The molecule has 2 aromatic rings. The summed E-state index contributed by atoms with van der Waals surface area (Å²) in [6, 6.07) is 15.0. The van der Waals surface area contributed by atoms with E-state index in [1.807, 2.05) is 42.5 Å². The third-order valence-corrected chi connectivity index (χ3v) is 5.31. The van der Waals surface area contributed by atoms with Gasteiger partial charge in [0.25, 0.3) is 0 Å². The van der Waals surface area contributed by atoms with Crippen LogP contribution < -0.4 is 16.2 Å². The highest BCUT2D eigenvalue weighted by atomic mass is 35.5. The zero-order chi connectivity index (χ0) is 20.2. The third-order valence-electron chi connectivity index (χ3n) is 3.63. The smallest absolute Gasteiger partial charge is 0.316 e. The summed E-state index contributed by atoms with van der Waals surface area (Å²) in [6.45, 7) is 3.23. The first-order valence-electron chi connectivity index (χ1n) is 9.00. The molecule has 0 unspecified atom stereocenters. The average Bonchev–Trinajstić information content (AvgIpc) is 2.71. The maximum atomic E-state index is 12.0. The van der Waals surface area contributed by atoms with Gasteiger partial charge in [0.15, 0.2) is 5.11 Å². The summed E-state index contributed by atoms with van der Waals surface area (Å²) in [6.07, 6.45) is 2.18. The van der Waals surface area contributed by atoms with E-state index in [4.69, 9.17) is 28.6 Å². The van der Waals surface area contributed by atoms with Crippen LogP contribution >= 0.6 is 35.6 Å². The number of carbonyl (C=O) groups excluding carboxylic acids is 1. The molecule has 0 aliphatic heterocycles. The van der Waals surface area contributed by atoms with Crippen molar-refractivity contribution >= 4 is 52.3 Å². The van der Waals surface area contributed by atoms with Crippen molar-refractivity contribution in [3.05, 3.63) is 59.1 Å². The van der Waals surface area contributed by atoms with E-state index in [1.165, 1.54) is 11.8 Å². The summed E-state index contributed by atoms with van der Waals surface area (Å²) in [5, 5.41) is 4.13. The zero-order valence-corrected chi connectivity index (χ0v) is 18.1. The summed E-state index contributed by atoms with van der Waals surface area (Å²) >= 11 is 12.8. The Balaban J connectivity index is 1.80. The van der Waals surface area contributed by atoms with Crippen molar-refractivity contribution in [3.8, 4) is 0 Å². The predicted molar refractivity (Wildman–Crippen MR) is 121 cm³/mol. The Kier molecular flexibility index (Phi) is 10.1. The number of anilines is 1. The van der Waals surface area contributed by atoms with Crippen LogP contribution in [0.2, 0.25) is 5.02 Å². The molecule has 3 N–H and O–H groups in total. The van der Waals surface area contributed by atoms with Crippen LogP contribution in [-0.4, -0.2) is 23.4 Å². The maximum absolute atomic E-state index is 12.0. The molecule has 0 aliphatic carbocycles. The third kappa shape index (κ3) is 8.48. The summed E-state index contributed by atoms with van der Waals surface area (Å²) in [5.74, 6) is -0.113. The quantitative estimate of drug-likeness (QED) is 0.163. The second kappa shape index (κ2) is 12.6. The van der Waals surface area contributed by atoms with E-state index >= 15 is 0 Å². The number of thiocarbonyl (C=S) groups is 1. The Bertz CT molecular complexity index is 775. The Morgan fingerprint density at radius 2 is 2.00 bits per heavy atom. The fourth-order valence-corrected chi connectivity index (χ4v) is 3.42. The lowest BCUT2D eigenvalue weighted by molar-refractivity contribution is -0.141. The second-order valence-corrected chi connectivity index (χ2v) is 7.77. The normalized spacial score (nSPS) is 10.4. The molecule has 2 aromatic carbocycles. The van der Waals surface area contributed by atoms with Crippen LogP contribution in [0.4, 0.5) is 5.69 Å². The van der Waals surface area contributed by atoms with Gasteiger partial charge < -0.3 is 10.1 Å². The topological polar surface area (TPSA) is 62.4 Å². The molecule has 28 heavy (non-hydrogen) atoms. The van der Waals surface area contributed by atoms with Crippen molar-refractivity contribution in [3.63, 3.8) is 0 Å². The molecule has 0 spiro atoms. The molecule has 0 heterocycles. The molecule has 0 aliphatic rings. The number of benzene rings is 2. The second-order valence-electron chi connectivity index (χ2n) is 5.94. The number of hydrogen-bond donors (Lipinski definition) is 3. The number of unbranched alkanes of at least 4 members (excludes halogenated alkanes) is 1. The molecular formula is C20H24ClN3O2S2. The van der Waals surface area contributed by atoms with Gasteiger partial charge in [-0.1, -0.05) is 55.3 Å². The van der Waals surface area contributed by atoms with Gasteiger partial charge in [-0.25, -0.2) is 5.43 Å². The molecule has 8 heteroatoms. The Hall–Kier alpha value is -1.80. The van der Waals surface area contributed by atoms with E-state index in [0.29, 0.717) is 10.1 Å². The summed E-state index contributed by atoms with van der Waals surface area (Å²) in [5.41, 5.74) is 7.74. The van der Waals surface area contributed by atoms with Gasteiger partial charge in [-0.2, -0.15) is 0 Å². The SMILES string of the molecule is CCCCNNC(=S)Nc1ccc(Cl)c(SCC(=O)OCc2ccccc2)c1. The van der Waals surface area contributed by atoms with Gasteiger partial charge in [-0.3, -0.25) is 10.2 Å². The number of hydrazine groups is 1. The van der Waals surface area contributed by atoms with E-state index in [2.05, 4.69) is 23.1 Å². The lowest BCUT2D eigenvalue weighted by atomic mass is 10.2. The van der Waals surface area contributed by atoms with Gasteiger partial charge in [-0.15, -0.1) is 11.8 Å². The van der Waals surface area contributed by atoms with Crippen LogP contribution in [-0.2, 0) is 16.1 Å². The largest absolute Gasteiger partial charge is 0.460 e. The van der Waals surface area contributed by atoms with Gasteiger partial charge in [0.1, 0.15) is 6.61 Å². The molecule has 0 amide bonds. The van der Waals surface area contributed by atoms with E-state index in [9.17, 15) is 4.79 Å². The highest BCUT2D eigenvalue weighted by Gasteiger charge is 2.09. The number of nitrogens with one attached hydrogen (secondary N) is 3. The minimum atomic E-state index is -0.291. The molecule has 0 radical (unpaired) electrons. The van der Waals surface area contributed by atoms with E-state index in [1.54, 1.807) is 6.07 Å². The van der Waals surface area contributed by atoms with Crippen molar-refractivity contribution in [2.24, 2.45) is 0 Å². The maximum Gasteiger partial charge on any atom is 0.316 e. The summed E-state index contributed by atoms with van der Waals surface area (Å²) in [7, 11) is 0. The lowest BCUT2D eigenvalue weighted by Crippen LogP contribution is -2.40. The minimum Gasteiger partial charge on any atom is -0.460 e. The van der Waals surface area contributed by atoms with Crippen molar-refractivity contribution in [1.82, 2.24) is 10.9 Å². The molecule has 0 bridgehead atoms. The minimum absolute atomic E-state index is 0.178. The summed E-state index contributed by atoms with van der Waals surface area (Å²) in [4.78, 5) is 12.8. The monoisotopic (exact) mass is 437 g/mol. The number of hydrogen-bond acceptors (Lipinski definition) is 5. The molecule has 0 atom stereocenters. The van der Waals surface area contributed by atoms with E-state index < -0.39 is 0 Å². The van der Waals surface area contributed by atoms with Gasteiger partial charge in [-0.05, 0) is 42.4 Å². The highest BCUT2D eigenvalue weighted by molar-refractivity contribution is 8.00. The number of carbonyl (C=O) groups is 1. The fraction of sp³-hybridized carbons (Fsp3) is 0.300. The Labute approximate surface area is 180 Å². The van der Waals surface area contributed by atoms with E-state index in [0.717, 1.165) is 35.5 Å². The number of ether oxygens (including phenoxy) is 1. The van der Waals surface area contributed by atoms with Crippen molar-refractivity contribution < 1.29 is 9.53 Å². The van der Waals surface area contributed by atoms with Crippen molar-refractivity contribution in [1.29, 1.82) is 0 Å². The van der Waals surface area contributed by atoms with Crippen LogP contribution in [0.1, 0.15) is 25.3 Å². The predicted octanol–water partition coefficient (Wildman–Crippen LogP) is 4.77. The molecule has 0 saturated carbocycles. The van der Waals surface area contributed by atoms with Crippen LogP contribution in [0.15, 0.2) is 53.4 Å². The number of rotatable bonds is 10. The fourth-order valence-electron chi connectivity index (χ4n) is 2.18. The molecule has 150 valence electrons. The zero-order valence-electron chi connectivity index (χ0n) is 15.7. The van der Waals surface area contributed by atoms with Gasteiger partial charge >= 0.3 is 5.97 Å². The standard InChI is InChI=1S/C20H24ClN3O2S2/c1-2-3-11-22-24-20(27)23-16-9-10-17(21)18(12-16)28-14-19(25)26-13-15-7-5-4-6-8-15/h4-10,12,22H,2-3,11,13-14H2,1H3,(H2,23,24,27). The van der Waals surface area contributed by atoms with Crippen LogP contribution in [0, 0.1) is 0 Å². The van der Waals surface area contributed by atoms with E-state index in [-0.39, 0.29) is 18.3 Å². The molecule has 2 rings (SSSR count). The molecule has 0 aromatic heterocycles. The van der Waals surface area contributed by atoms with Crippen molar-refractivity contribution in [2.75, 3.05) is 17.6 Å². The van der Waals surface area contributed by atoms with Crippen molar-refractivity contribution in [2.45, 2.75) is 31.3 Å². The summed E-state index contributed by atoms with van der Waals surface area (Å²) < 4.78 is 5.29. The molecule has 5 nitrogen and oxygen atoms in total.